The van der Waals surface area contributed by atoms with E-state index in [2.05, 4.69) is 0 Å². The van der Waals surface area contributed by atoms with Crippen LogP contribution in [0.3, 0.4) is 0 Å². The van der Waals surface area contributed by atoms with E-state index in [1.54, 1.807) is 4.31 Å². The Bertz CT molecular complexity index is 210. The Morgan fingerprint density at radius 3 is 2.30 bits per heavy atom. The number of hydrogen-bond donors (Lipinski definition) is 0. The Balaban J connectivity index is 2.74. The Morgan fingerprint density at radius 2 is 2.10 bits per heavy atom. The van der Waals surface area contributed by atoms with Gasteiger partial charge in [0.1, 0.15) is 0 Å². The molecule has 0 N–H and O–H groups in total. The lowest BCUT2D eigenvalue weighted by Gasteiger charge is -2.17. The minimum atomic E-state index is -2.92. The summed E-state index contributed by atoms with van der Waals surface area (Å²) in [6.45, 7) is 2.66. The van der Waals surface area contributed by atoms with Crippen molar-refractivity contribution in [2.75, 3.05) is 12.8 Å². The molecule has 1 saturated heterocycles. The molecular weight excluding hydrogens is 150 g/mol. The highest BCUT2D eigenvalue weighted by atomic mass is 32.2. The lowest BCUT2D eigenvalue weighted by atomic mass is 10.3. The van der Waals surface area contributed by atoms with Crippen LogP contribution in [0.15, 0.2) is 0 Å². The third kappa shape index (κ3) is 1.49. The molecule has 0 bridgehead atoms. The van der Waals surface area contributed by atoms with Crippen molar-refractivity contribution in [2.45, 2.75) is 25.8 Å². The fraction of sp³-hybridized carbons (Fsp3) is 1.00. The van der Waals surface area contributed by atoms with Crippen LogP contribution in [0.1, 0.15) is 19.8 Å². The molecule has 0 aliphatic carbocycles. The van der Waals surface area contributed by atoms with Gasteiger partial charge in [0.05, 0.1) is 6.26 Å². The van der Waals surface area contributed by atoms with E-state index in [4.69, 9.17) is 0 Å². The first-order chi connectivity index (χ1) is 4.52. The highest BCUT2D eigenvalue weighted by Crippen LogP contribution is 2.18. The molecule has 1 heterocycles. The first-order valence-electron chi connectivity index (χ1n) is 3.48. The summed E-state index contributed by atoms with van der Waals surface area (Å²) < 4.78 is 23.5. The summed E-state index contributed by atoms with van der Waals surface area (Å²) in [6.07, 6.45) is 3.29. The van der Waals surface area contributed by atoms with Gasteiger partial charge in [-0.25, -0.2) is 8.42 Å². The van der Waals surface area contributed by atoms with Crippen molar-refractivity contribution in [1.29, 1.82) is 0 Å². The summed E-state index contributed by atoms with van der Waals surface area (Å²) in [5, 5.41) is 0. The van der Waals surface area contributed by atoms with Crippen molar-refractivity contribution in [3.63, 3.8) is 0 Å². The van der Waals surface area contributed by atoms with Crippen molar-refractivity contribution in [3.05, 3.63) is 0 Å². The number of nitrogens with zero attached hydrogens (tertiary/aromatic N) is 1. The average molecular weight is 163 g/mol. The van der Waals surface area contributed by atoms with Crippen molar-refractivity contribution >= 4 is 10.0 Å². The van der Waals surface area contributed by atoms with Gasteiger partial charge in [-0.2, -0.15) is 4.31 Å². The fourth-order valence-electron chi connectivity index (χ4n) is 1.40. The molecule has 1 aliphatic heterocycles. The van der Waals surface area contributed by atoms with E-state index >= 15 is 0 Å². The van der Waals surface area contributed by atoms with E-state index < -0.39 is 10.0 Å². The predicted octanol–water partition coefficient (Wildman–Crippen LogP) is 0.430. The molecule has 0 aromatic rings. The third-order valence-corrected chi connectivity index (χ3v) is 3.31. The highest BCUT2D eigenvalue weighted by molar-refractivity contribution is 7.88. The maximum atomic E-state index is 11.0. The van der Waals surface area contributed by atoms with Gasteiger partial charge in [-0.15, -0.1) is 0 Å². The Hall–Kier alpha value is -0.0900. The lowest BCUT2D eigenvalue weighted by molar-refractivity contribution is 0.412. The third-order valence-electron chi connectivity index (χ3n) is 1.92. The lowest BCUT2D eigenvalue weighted by Crippen LogP contribution is -2.32. The van der Waals surface area contributed by atoms with Gasteiger partial charge in [0.15, 0.2) is 0 Å². The molecule has 60 valence electrons. The second-order valence-electron chi connectivity index (χ2n) is 2.86. The molecule has 0 unspecified atom stereocenters. The van der Waals surface area contributed by atoms with Crippen LogP contribution in [0.25, 0.3) is 0 Å². The summed E-state index contributed by atoms with van der Waals surface area (Å²) in [5.41, 5.74) is 0. The van der Waals surface area contributed by atoms with Gasteiger partial charge >= 0.3 is 0 Å². The van der Waals surface area contributed by atoms with Gasteiger partial charge < -0.3 is 0 Å². The highest BCUT2D eigenvalue weighted by Gasteiger charge is 2.27. The monoisotopic (exact) mass is 163 g/mol. The molecule has 0 aromatic carbocycles. The molecule has 1 rings (SSSR count). The topological polar surface area (TPSA) is 37.4 Å². The molecule has 1 fully saturated rings. The van der Waals surface area contributed by atoms with Crippen molar-refractivity contribution in [1.82, 2.24) is 4.31 Å². The van der Waals surface area contributed by atoms with E-state index in [1.165, 1.54) is 6.26 Å². The van der Waals surface area contributed by atoms with Crippen LogP contribution in [0.5, 0.6) is 0 Å². The quantitative estimate of drug-likeness (QED) is 0.562. The van der Waals surface area contributed by atoms with Gasteiger partial charge in [0.2, 0.25) is 10.0 Å². The van der Waals surface area contributed by atoms with Gasteiger partial charge in [-0.05, 0) is 19.8 Å². The second kappa shape index (κ2) is 2.51. The molecule has 0 amide bonds. The molecule has 0 aromatic heterocycles. The maximum Gasteiger partial charge on any atom is 0.211 e. The van der Waals surface area contributed by atoms with Gasteiger partial charge in [-0.3, -0.25) is 0 Å². The summed E-state index contributed by atoms with van der Waals surface area (Å²) >= 11 is 0. The van der Waals surface area contributed by atoms with Gasteiger partial charge in [0.25, 0.3) is 0 Å². The van der Waals surface area contributed by atoms with Crippen LogP contribution in [0, 0.1) is 0 Å². The Labute approximate surface area is 62.1 Å². The number of sulfonamides is 1. The van der Waals surface area contributed by atoms with Crippen molar-refractivity contribution < 1.29 is 8.42 Å². The average Bonchev–Trinajstić information content (AvgIpc) is 2.11. The Morgan fingerprint density at radius 1 is 1.50 bits per heavy atom. The molecule has 1 aliphatic rings. The molecule has 3 nitrogen and oxygen atoms in total. The Kier molecular flexibility index (Phi) is 2.01. The fourth-order valence-corrected chi connectivity index (χ4v) is 2.62. The largest absolute Gasteiger partial charge is 0.212 e. The predicted molar refractivity (Wildman–Crippen MR) is 40.2 cm³/mol. The minimum Gasteiger partial charge on any atom is -0.212 e. The van der Waals surface area contributed by atoms with Crippen LogP contribution in [0.4, 0.5) is 0 Å². The van der Waals surface area contributed by atoms with Crippen molar-refractivity contribution in [2.24, 2.45) is 0 Å². The summed E-state index contributed by atoms with van der Waals surface area (Å²) in [4.78, 5) is 0. The smallest absolute Gasteiger partial charge is 0.211 e. The van der Waals surface area contributed by atoms with Crippen LogP contribution in [-0.4, -0.2) is 31.6 Å². The van der Waals surface area contributed by atoms with E-state index in [-0.39, 0.29) is 6.04 Å². The molecule has 0 radical (unpaired) electrons. The molecular formula is C6H13NO2S. The zero-order chi connectivity index (χ0) is 7.78. The second-order valence-corrected chi connectivity index (χ2v) is 4.80. The SMILES string of the molecule is C[C@H]1CCCN1S(C)(=O)=O. The normalized spacial score (nSPS) is 29.2. The summed E-state index contributed by atoms with van der Waals surface area (Å²) in [6, 6.07) is 0.218. The zero-order valence-corrected chi connectivity index (χ0v) is 7.19. The van der Waals surface area contributed by atoms with Gasteiger partial charge in [0, 0.05) is 12.6 Å². The van der Waals surface area contributed by atoms with E-state index in [0.717, 1.165) is 12.8 Å². The summed E-state index contributed by atoms with van der Waals surface area (Å²) in [5.74, 6) is 0. The van der Waals surface area contributed by atoms with Crippen LogP contribution < -0.4 is 0 Å². The van der Waals surface area contributed by atoms with E-state index in [1.807, 2.05) is 6.92 Å². The molecule has 0 spiro atoms. The molecule has 10 heavy (non-hydrogen) atoms. The van der Waals surface area contributed by atoms with Crippen molar-refractivity contribution in [3.8, 4) is 0 Å². The van der Waals surface area contributed by atoms with Gasteiger partial charge in [-0.1, -0.05) is 0 Å². The van der Waals surface area contributed by atoms with E-state index in [0.29, 0.717) is 6.54 Å². The first-order valence-corrected chi connectivity index (χ1v) is 5.33. The molecule has 1 atom stereocenters. The molecule has 0 saturated carbocycles. The standard InChI is InChI=1S/C6H13NO2S/c1-6-4-3-5-7(6)10(2,8)9/h6H,3-5H2,1-2H3/t6-/m0/s1. The number of hydrogen-bond acceptors (Lipinski definition) is 2. The van der Waals surface area contributed by atoms with Crippen LogP contribution >= 0.6 is 0 Å². The van der Waals surface area contributed by atoms with Crippen LogP contribution in [-0.2, 0) is 10.0 Å². The first kappa shape index (κ1) is 8.01. The maximum absolute atomic E-state index is 11.0. The minimum absolute atomic E-state index is 0.218. The van der Waals surface area contributed by atoms with Crippen LogP contribution in [0.2, 0.25) is 0 Å². The summed E-state index contributed by atoms with van der Waals surface area (Å²) in [7, 11) is -2.92. The zero-order valence-electron chi connectivity index (χ0n) is 6.37. The number of rotatable bonds is 1. The van der Waals surface area contributed by atoms with E-state index in [9.17, 15) is 8.42 Å². The molecule has 4 heteroatoms.